The maximum absolute atomic E-state index is 6.97. The van der Waals surface area contributed by atoms with Gasteiger partial charge in [-0.05, 0) is 72.2 Å². The number of hydrogen-bond acceptors (Lipinski definition) is 6. The van der Waals surface area contributed by atoms with Gasteiger partial charge < -0.3 is 30.4 Å². The quantitative estimate of drug-likeness (QED) is 0.426. The lowest BCUT2D eigenvalue weighted by atomic mass is 9.64. The molecule has 4 unspecified atom stereocenters. The number of nitrogen functional groups attached to an aromatic ring is 2. The van der Waals surface area contributed by atoms with Gasteiger partial charge in [-0.1, -0.05) is 12.1 Å². The molecule has 0 amide bonds. The van der Waals surface area contributed by atoms with Crippen LogP contribution < -0.4 is 11.5 Å². The van der Waals surface area contributed by atoms with E-state index in [1.807, 2.05) is 6.07 Å². The van der Waals surface area contributed by atoms with Gasteiger partial charge in [-0.2, -0.15) is 0 Å². The van der Waals surface area contributed by atoms with E-state index in [9.17, 15) is 0 Å². The standard InChI is InChI=1S/C27H34N2O4/c1-15-6-25(23(8-19-12-31-19)26(29)22(15)7-18-11-30-18)27(9-20-13-32-20,10-21-14-33-21)24-4-3-17(28)5-16(24)2/h3-6,18-21H,7-14,28-29H2,1-2H3. The van der Waals surface area contributed by atoms with Crippen LogP contribution in [0.3, 0.4) is 0 Å². The average Bonchev–Trinajstić information content (AvgIpc) is 3.60. The SMILES string of the molecule is Cc1cc(N)ccc1C(CC1CO1)(CC1CO1)c1cc(C)c(CC2CO2)c(N)c1CC1CO1. The molecule has 4 saturated heterocycles. The Kier molecular flexibility index (Phi) is 5.18. The molecular formula is C27H34N2O4. The molecule has 176 valence electrons. The summed E-state index contributed by atoms with van der Waals surface area (Å²) in [6.07, 6.45) is 4.61. The minimum atomic E-state index is -0.252. The summed E-state index contributed by atoms with van der Waals surface area (Å²) in [6, 6.07) is 8.72. The first-order valence-corrected chi connectivity index (χ1v) is 12.2. The predicted molar refractivity (Wildman–Crippen MR) is 128 cm³/mol. The lowest BCUT2D eigenvalue weighted by molar-refractivity contribution is 0.298. The largest absolute Gasteiger partial charge is 0.399 e. The summed E-state index contributed by atoms with van der Waals surface area (Å²) in [6.45, 7) is 7.62. The van der Waals surface area contributed by atoms with Crippen LogP contribution in [-0.4, -0.2) is 50.8 Å². The highest BCUT2D eigenvalue weighted by atomic mass is 16.6. The van der Waals surface area contributed by atoms with Gasteiger partial charge in [0.15, 0.2) is 0 Å². The van der Waals surface area contributed by atoms with Gasteiger partial charge in [0, 0.05) is 29.6 Å². The van der Waals surface area contributed by atoms with Crippen LogP contribution in [0.5, 0.6) is 0 Å². The molecule has 33 heavy (non-hydrogen) atoms. The van der Waals surface area contributed by atoms with Gasteiger partial charge in [-0.25, -0.2) is 0 Å². The third kappa shape index (κ3) is 4.37. The first-order valence-electron chi connectivity index (χ1n) is 12.2. The summed E-state index contributed by atoms with van der Waals surface area (Å²) in [7, 11) is 0. The highest BCUT2D eigenvalue weighted by Crippen LogP contribution is 2.50. The van der Waals surface area contributed by atoms with Gasteiger partial charge in [0.2, 0.25) is 0 Å². The number of anilines is 2. The van der Waals surface area contributed by atoms with Crippen LogP contribution in [0.15, 0.2) is 24.3 Å². The number of nitrogens with two attached hydrogens (primary N) is 2. The second-order valence-electron chi connectivity index (χ2n) is 10.4. The normalized spacial score (nSPS) is 28.9. The fourth-order valence-corrected chi connectivity index (χ4v) is 5.72. The summed E-state index contributed by atoms with van der Waals surface area (Å²) >= 11 is 0. The van der Waals surface area contributed by atoms with Crippen LogP contribution in [0, 0.1) is 13.8 Å². The third-order valence-corrected chi connectivity index (χ3v) is 7.72. The van der Waals surface area contributed by atoms with Gasteiger partial charge >= 0.3 is 0 Å². The zero-order valence-corrected chi connectivity index (χ0v) is 19.6. The van der Waals surface area contributed by atoms with Crippen LogP contribution >= 0.6 is 0 Å². The maximum atomic E-state index is 6.97. The number of benzene rings is 2. The lowest BCUT2D eigenvalue weighted by Crippen LogP contribution is -2.35. The monoisotopic (exact) mass is 450 g/mol. The molecule has 4 N–H and O–H groups in total. The van der Waals surface area contributed by atoms with Gasteiger partial charge in [0.25, 0.3) is 0 Å². The van der Waals surface area contributed by atoms with Crippen LogP contribution in [0.2, 0.25) is 0 Å². The van der Waals surface area contributed by atoms with E-state index in [1.54, 1.807) is 0 Å². The molecule has 4 heterocycles. The fourth-order valence-electron chi connectivity index (χ4n) is 5.72. The second kappa shape index (κ2) is 7.98. The zero-order valence-electron chi connectivity index (χ0n) is 19.6. The van der Waals surface area contributed by atoms with E-state index >= 15 is 0 Å². The molecule has 0 radical (unpaired) electrons. The summed E-state index contributed by atoms with van der Waals surface area (Å²) in [5, 5.41) is 0. The molecule has 4 aliphatic rings. The van der Waals surface area contributed by atoms with Crippen molar-refractivity contribution in [1.82, 2.24) is 0 Å². The van der Waals surface area contributed by atoms with Gasteiger partial charge in [0.1, 0.15) is 0 Å². The Hall–Kier alpha value is -2.12. The van der Waals surface area contributed by atoms with Crippen molar-refractivity contribution in [3.05, 3.63) is 57.6 Å². The molecule has 6 nitrogen and oxygen atoms in total. The van der Waals surface area contributed by atoms with E-state index in [0.29, 0.717) is 6.10 Å². The molecule has 0 aromatic heterocycles. The summed E-state index contributed by atoms with van der Waals surface area (Å²) < 4.78 is 22.9. The smallest absolute Gasteiger partial charge is 0.0851 e. The topological polar surface area (TPSA) is 102 Å². The summed E-state index contributed by atoms with van der Waals surface area (Å²) in [5.41, 5.74) is 22.1. The van der Waals surface area contributed by atoms with E-state index in [2.05, 4.69) is 32.0 Å². The van der Waals surface area contributed by atoms with Crippen molar-refractivity contribution in [2.75, 3.05) is 37.9 Å². The molecular weight excluding hydrogens is 416 g/mol. The molecule has 6 rings (SSSR count). The van der Waals surface area contributed by atoms with Crippen molar-refractivity contribution >= 4 is 11.4 Å². The number of epoxide rings is 4. The highest BCUT2D eigenvalue weighted by molar-refractivity contribution is 5.65. The number of rotatable bonds is 10. The minimum absolute atomic E-state index is 0.248. The van der Waals surface area contributed by atoms with Crippen LogP contribution in [0.1, 0.15) is 46.2 Å². The highest BCUT2D eigenvalue weighted by Gasteiger charge is 2.47. The van der Waals surface area contributed by atoms with Crippen molar-refractivity contribution in [2.45, 2.75) is 69.4 Å². The first kappa shape index (κ1) is 21.4. The Morgan fingerprint density at radius 3 is 1.79 bits per heavy atom. The minimum Gasteiger partial charge on any atom is -0.399 e. The van der Waals surface area contributed by atoms with Crippen LogP contribution in [0.4, 0.5) is 11.4 Å². The Bertz CT molecular complexity index is 1050. The van der Waals surface area contributed by atoms with Crippen molar-refractivity contribution in [3.63, 3.8) is 0 Å². The molecule has 0 spiro atoms. The van der Waals surface area contributed by atoms with E-state index in [-0.39, 0.29) is 23.7 Å². The van der Waals surface area contributed by atoms with Crippen LogP contribution in [0.25, 0.3) is 0 Å². The summed E-state index contributed by atoms with van der Waals surface area (Å²) in [5.74, 6) is 0. The first-order chi connectivity index (χ1) is 15.9. The lowest BCUT2D eigenvalue weighted by Gasteiger charge is -2.39. The Morgan fingerprint density at radius 1 is 0.727 bits per heavy atom. The molecule has 2 aromatic rings. The fraction of sp³-hybridized carbons (Fsp3) is 0.556. The van der Waals surface area contributed by atoms with E-state index < -0.39 is 0 Å². The van der Waals surface area contributed by atoms with Crippen molar-refractivity contribution in [3.8, 4) is 0 Å². The second-order valence-corrected chi connectivity index (χ2v) is 10.4. The predicted octanol–water partition coefficient (Wildman–Crippen LogP) is 3.21. The molecule has 0 saturated carbocycles. The van der Waals surface area contributed by atoms with Crippen LogP contribution in [-0.2, 0) is 37.2 Å². The summed E-state index contributed by atoms with van der Waals surface area (Å²) in [4.78, 5) is 0. The van der Waals surface area contributed by atoms with Crippen molar-refractivity contribution < 1.29 is 18.9 Å². The zero-order chi connectivity index (χ0) is 22.7. The number of aryl methyl sites for hydroxylation is 2. The molecule has 4 fully saturated rings. The van der Waals surface area contributed by atoms with Crippen molar-refractivity contribution in [2.24, 2.45) is 0 Å². The molecule has 2 aromatic carbocycles. The molecule has 4 atom stereocenters. The molecule has 6 heteroatoms. The molecule has 0 aliphatic carbocycles. The third-order valence-electron chi connectivity index (χ3n) is 7.72. The van der Waals surface area contributed by atoms with E-state index in [1.165, 1.54) is 33.4 Å². The Labute approximate surface area is 195 Å². The van der Waals surface area contributed by atoms with Crippen molar-refractivity contribution in [1.29, 1.82) is 0 Å². The van der Waals surface area contributed by atoms with E-state index in [0.717, 1.165) is 63.5 Å². The maximum Gasteiger partial charge on any atom is 0.0851 e. The average molecular weight is 451 g/mol. The Morgan fingerprint density at radius 2 is 1.27 bits per heavy atom. The van der Waals surface area contributed by atoms with Gasteiger partial charge in [0.05, 0.1) is 50.8 Å². The number of ether oxygens (including phenoxy) is 4. The van der Waals surface area contributed by atoms with Gasteiger partial charge in [-0.15, -0.1) is 0 Å². The molecule has 0 bridgehead atoms. The molecule has 4 aliphatic heterocycles. The van der Waals surface area contributed by atoms with E-state index in [4.69, 9.17) is 30.4 Å². The number of hydrogen-bond donors (Lipinski definition) is 2. The van der Waals surface area contributed by atoms with Gasteiger partial charge in [-0.3, -0.25) is 0 Å². The Balaban J connectivity index is 1.56.